The van der Waals surface area contributed by atoms with Crippen molar-refractivity contribution in [3.05, 3.63) is 23.8 Å². The summed E-state index contributed by atoms with van der Waals surface area (Å²) >= 11 is 0. The molecule has 2 N–H and O–H groups in total. The van der Waals surface area contributed by atoms with Crippen molar-refractivity contribution in [2.75, 3.05) is 25.9 Å². The number of ether oxygens (including phenoxy) is 1. The normalized spacial score (nSPS) is 25.1. The van der Waals surface area contributed by atoms with Crippen molar-refractivity contribution in [2.24, 2.45) is 11.8 Å². The van der Waals surface area contributed by atoms with Crippen LogP contribution in [0, 0.1) is 11.8 Å². The average Bonchev–Trinajstić information content (AvgIpc) is 2.61. The molecule has 2 atom stereocenters. The number of hydrogen-bond donors (Lipinski definition) is 1. The molecule has 1 aliphatic heterocycles. The van der Waals surface area contributed by atoms with Gasteiger partial charge in [0, 0.05) is 31.4 Å². The minimum absolute atomic E-state index is 0.787. The van der Waals surface area contributed by atoms with E-state index in [2.05, 4.69) is 24.8 Å². The summed E-state index contributed by atoms with van der Waals surface area (Å²) in [5.74, 6) is 2.40. The van der Waals surface area contributed by atoms with E-state index in [9.17, 15) is 0 Å². The van der Waals surface area contributed by atoms with Crippen molar-refractivity contribution < 1.29 is 4.74 Å². The Bertz CT molecular complexity index is 382. The van der Waals surface area contributed by atoms with E-state index >= 15 is 0 Å². The molecule has 1 aromatic carbocycles. The number of benzene rings is 1. The summed E-state index contributed by atoms with van der Waals surface area (Å²) in [6.45, 7) is 7.94. The Balaban J connectivity index is 2.04. The maximum absolute atomic E-state index is 6.04. The highest BCUT2D eigenvalue weighted by molar-refractivity contribution is 5.51. The SMILES string of the molecule is COc1ccc(CN2CC(C)C(C)C2)c(N)c1. The van der Waals surface area contributed by atoms with Gasteiger partial charge in [0.15, 0.2) is 0 Å². The predicted octanol–water partition coefficient (Wildman–Crippen LogP) is 2.37. The van der Waals surface area contributed by atoms with Crippen molar-refractivity contribution in [1.29, 1.82) is 0 Å². The summed E-state index contributed by atoms with van der Waals surface area (Å²) in [5, 5.41) is 0. The van der Waals surface area contributed by atoms with E-state index in [4.69, 9.17) is 10.5 Å². The van der Waals surface area contributed by atoms with Gasteiger partial charge in [-0.2, -0.15) is 0 Å². The minimum Gasteiger partial charge on any atom is -0.497 e. The Morgan fingerprint density at radius 3 is 2.47 bits per heavy atom. The fraction of sp³-hybridized carbons (Fsp3) is 0.571. The minimum atomic E-state index is 0.787. The molecule has 94 valence electrons. The summed E-state index contributed by atoms with van der Waals surface area (Å²) < 4.78 is 5.16. The average molecular weight is 234 g/mol. The fourth-order valence-corrected chi connectivity index (χ4v) is 2.46. The first-order chi connectivity index (χ1) is 8.10. The molecule has 0 radical (unpaired) electrons. The molecule has 0 aromatic heterocycles. The first kappa shape index (κ1) is 12.2. The van der Waals surface area contributed by atoms with Gasteiger partial charge in [-0.15, -0.1) is 0 Å². The zero-order valence-corrected chi connectivity index (χ0v) is 10.9. The van der Waals surface area contributed by atoms with Crippen molar-refractivity contribution in [2.45, 2.75) is 20.4 Å². The van der Waals surface area contributed by atoms with Gasteiger partial charge in [0.1, 0.15) is 5.75 Å². The van der Waals surface area contributed by atoms with Crippen LogP contribution < -0.4 is 10.5 Å². The molecule has 1 heterocycles. The Kier molecular flexibility index (Phi) is 3.57. The predicted molar refractivity (Wildman–Crippen MR) is 71.0 cm³/mol. The molecule has 0 amide bonds. The first-order valence-electron chi connectivity index (χ1n) is 6.25. The van der Waals surface area contributed by atoms with Gasteiger partial charge in [0.25, 0.3) is 0 Å². The van der Waals surface area contributed by atoms with Crippen molar-refractivity contribution in [3.8, 4) is 5.75 Å². The molecule has 1 aliphatic rings. The summed E-state index contributed by atoms with van der Waals surface area (Å²) in [5.41, 5.74) is 8.07. The monoisotopic (exact) mass is 234 g/mol. The van der Waals surface area contributed by atoms with Crippen LogP contribution in [0.3, 0.4) is 0 Å². The number of methoxy groups -OCH3 is 1. The molecule has 3 heteroatoms. The Morgan fingerprint density at radius 2 is 1.94 bits per heavy atom. The molecule has 2 rings (SSSR count). The van der Waals surface area contributed by atoms with Crippen LogP contribution >= 0.6 is 0 Å². The van der Waals surface area contributed by atoms with Gasteiger partial charge >= 0.3 is 0 Å². The molecule has 17 heavy (non-hydrogen) atoms. The second-order valence-corrected chi connectivity index (χ2v) is 5.21. The Morgan fingerprint density at radius 1 is 1.29 bits per heavy atom. The quantitative estimate of drug-likeness (QED) is 0.816. The molecule has 0 saturated carbocycles. The lowest BCUT2D eigenvalue weighted by Gasteiger charge is -2.17. The highest BCUT2D eigenvalue weighted by Crippen LogP contribution is 2.26. The van der Waals surface area contributed by atoms with E-state index in [0.29, 0.717) is 0 Å². The van der Waals surface area contributed by atoms with Gasteiger partial charge in [0.05, 0.1) is 7.11 Å². The molecule has 3 nitrogen and oxygen atoms in total. The first-order valence-corrected chi connectivity index (χ1v) is 6.25. The third-order valence-corrected chi connectivity index (χ3v) is 3.81. The van der Waals surface area contributed by atoms with Gasteiger partial charge < -0.3 is 10.5 Å². The van der Waals surface area contributed by atoms with Crippen LogP contribution in [0.2, 0.25) is 0 Å². The van der Waals surface area contributed by atoms with Crippen LogP contribution in [0.5, 0.6) is 5.75 Å². The standard InChI is InChI=1S/C14H22N2O/c1-10-7-16(8-11(10)2)9-12-4-5-13(17-3)6-14(12)15/h4-6,10-11H,7-9,15H2,1-3H3. The molecule has 0 bridgehead atoms. The number of anilines is 1. The smallest absolute Gasteiger partial charge is 0.120 e. The van der Waals surface area contributed by atoms with Gasteiger partial charge in [-0.25, -0.2) is 0 Å². The third-order valence-electron chi connectivity index (χ3n) is 3.81. The number of nitrogens with two attached hydrogens (primary N) is 1. The molecular weight excluding hydrogens is 212 g/mol. The molecule has 2 unspecified atom stereocenters. The van der Waals surface area contributed by atoms with Gasteiger partial charge in [-0.1, -0.05) is 19.9 Å². The van der Waals surface area contributed by atoms with E-state index < -0.39 is 0 Å². The van der Waals surface area contributed by atoms with E-state index in [1.54, 1.807) is 7.11 Å². The van der Waals surface area contributed by atoms with Gasteiger partial charge in [-0.3, -0.25) is 4.90 Å². The zero-order valence-electron chi connectivity index (χ0n) is 10.9. The van der Waals surface area contributed by atoms with Crippen LogP contribution in [0.25, 0.3) is 0 Å². The summed E-state index contributed by atoms with van der Waals surface area (Å²) in [4.78, 5) is 2.48. The van der Waals surface area contributed by atoms with Gasteiger partial charge in [-0.05, 0) is 23.5 Å². The van der Waals surface area contributed by atoms with Crippen molar-refractivity contribution >= 4 is 5.69 Å². The maximum atomic E-state index is 6.04. The molecule has 0 aliphatic carbocycles. The molecular formula is C14H22N2O. The van der Waals surface area contributed by atoms with E-state index in [1.807, 2.05) is 12.1 Å². The topological polar surface area (TPSA) is 38.5 Å². The van der Waals surface area contributed by atoms with Crippen LogP contribution in [0.1, 0.15) is 19.4 Å². The van der Waals surface area contributed by atoms with Crippen LogP contribution in [-0.4, -0.2) is 25.1 Å². The number of rotatable bonds is 3. The van der Waals surface area contributed by atoms with Crippen molar-refractivity contribution in [1.82, 2.24) is 4.90 Å². The highest BCUT2D eigenvalue weighted by Gasteiger charge is 2.26. The number of nitrogen functional groups attached to an aromatic ring is 1. The largest absolute Gasteiger partial charge is 0.497 e. The summed E-state index contributed by atoms with van der Waals surface area (Å²) in [6, 6.07) is 5.95. The highest BCUT2D eigenvalue weighted by atomic mass is 16.5. The Hall–Kier alpha value is -1.22. The van der Waals surface area contributed by atoms with E-state index in [1.165, 1.54) is 18.7 Å². The molecule has 1 fully saturated rings. The molecule has 0 spiro atoms. The second kappa shape index (κ2) is 4.96. The fourth-order valence-electron chi connectivity index (χ4n) is 2.46. The summed E-state index contributed by atoms with van der Waals surface area (Å²) in [6.07, 6.45) is 0. The van der Waals surface area contributed by atoms with Crippen LogP contribution in [0.4, 0.5) is 5.69 Å². The molecule has 1 aromatic rings. The van der Waals surface area contributed by atoms with E-state index in [-0.39, 0.29) is 0 Å². The zero-order chi connectivity index (χ0) is 12.4. The molecule has 1 saturated heterocycles. The lowest BCUT2D eigenvalue weighted by Crippen LogP contribution is -2.20. The third kappa shape index (κ3) is 2.72. The van der Waals surface area contributed by atoms with E-state index in [0.717, 1.165) is 29.8 Å². The lowest BCUT2D eigenvalue weighted by molar-refractivity contribution is 0.316. The van der Waals surface area contributed by atoms with Gasteiger partial charge in [0.2, 0.25) is 0 Å². The maximum Gasteiger partial charge on any atom is 0.120 e. The van der Waals surface area contributed by atoms with Crippen LogP contribution in [-0.2, 0) is 6.54 Å². The number of hydrogen-bond acceptors (Lipinski definition) is 3. The second-order valence-electron chi connectivity index (χ2n) is 5.21. The lowest BCUT2D eigenvalue weighted by atomic mass is 10.0. The summed E-state index contributed by atoms with van der Waals surface area (Å²) in [7, 11) is 1.66. The van der Waals surface area contributed by atoms with Crippen LogP contribution in [0.15, 0.2) is 18.2 Å². The number of nitrogens with zero attached hydrogens (tertiary/aromatic N) is 1. The Labute approximate surface area is 104 Å². The van der Waals surface area contributed by atoms with Crippen molar-refractivity contribution in [3.63, 3.8) is 0 Å². The number of likely N-dealkylation sites (tertiary alicyclic amines) is 1.